The molecule has 1 fully saturated rings. The van der Waals surface area contributed by atoms with Gasteiger partial charge in [-0.3, -0.25) is 9.59 Å². The molecule has 1 aliphatic rings. The summed E-state index contributed by atoms with van der Waals surface area (Å²) in [4.78, 5) is 29.4. The summed E-state index contributed by atoms with van der Waals surface area (Å²) in [7, 11) is 0. The minimum absolute atomic E-state index is 0. The second-order valence-electron chi connectivity index (χ2n) is 6.74. The number of hydrogen-bond acceptors (Lipinski definition) is 4. The first kappa shape index (κ1) is 22.2. The Morgan fingerprint density at radius 1 is 1.31 bits per heavy atom. The van der Waals surface area contributed by atoms with E-state index in [4.69, 9.17) is 5.26 Å². The van der Waals surface area contributed by atoms with Crippen LogP contribution < -0.4 is 10.9 Å². The van der Waals surface area contributed by atoms with Gasteiger partial charge in [0, 0.05) is 24.7 Å². The van der Waals surface area contributed by atoms with E-state index in [1.165, 1.54) is 0 Å². The summed E-state index contributed by atoms with van der Waals surface area (Å²) in [5.41, 5.74) is 2.15. The monoisotopic (exact) mass is 380 g/mol. The van der Waals surface area contributed by atoms with Gasteiger partial charge in [-0.15, -0.1) is 12.4 Å². The van der Waals surface area contributed by atoms with Crippen molar-refractivity contribution in [3.8, 4) is 6.07 Å². The highest BCUT2D eigenvalue weighted by molar-refractivity contribution is 5.85. The van der Waals surface area contributed by atoms with Crippen LogP contribution in [-0.4, -0.2) is 41.5 Å². The fraction of sp³-hybridized carbons (Fsp3) is 0.632. The molecular formula is C19H29ClN4O2. The molecule has 144 valence electrons. The zero-order valence-corrected chi connectivity index (χ0v) is 16.7. The molecule has 26 heavy (non-hydrogen) atoms. The summed E-state index contributed by atoms with van der Waals surface area (Å²) in [6.07, 6.45) is 3.91. The lowest BCUT2D eigenvalue weighted by molar-refractivity contribution is -0.134. The number of hydrogen-bond donors (Lipinski definition) is 2. The highest BCUT2D eigenvalue weighted by Gasteiger charge is 2.24. The van der Waals surface area contributed by atoms with E-state index in [1.807, 2.05) is 17.9 Å². The largest absolute Gasteiger partial charge is 0.340 e. The van der Waals surface area contributed by atoms with Crippen molar-refractivity contribution in [2.24, 2.45) is 0 Å². The number of aromatic nitrogens is 1. The third-order valence-corrected chi connectivity index (χ3v) is 5.04. The van der Waals surface area contributed by atoms with Gasteiger partial charge in [-0.25, -0.2) is 0 Å². The summed E-state index contributed by atoms with van der Waals surface area (Å²) in [6.45, 7) is 8.42. The highest BCUT2D eigenvalue weighted by Crippen LogP contribution is 2.18. The predicted octanol–water partition coefficient (Wildman–Crippen LogP) is 2.21. The van der Waals surface area contributed by atoms with E-state index in [0.717, 1.165) is 50.2 Å². The number of aromatic amines is 1. The highest BCUT2D eigenvalue weighted by atomic mass is 35.5. The zero-order valence-electron chi connectivity index (χ0n) is 15.9. The summed E-state index contributed by atoms with van der Waals surface area (Å²) < 4.78 is 0. The molecular weight excluding hydrogens is 352 g/mol. The summed E-state index contributed by atoms with van der Waals surface area (Å²) >= 11 is 0. The number of nitrogens with zero attached hydrogens (tertiary/aromatic N) is 2. The average Bonchev–Trinajstić information content (AvgIpc) is 2.60. The lowest BCUT2D eigenvalue weighted by atomic mass is 9.98. The lowest BCUT2D eigenvalue weighted by Crippen LogP contribution is -2.46. The van der Waals surface area contributed by atoms with Crippen LogP contribution in [0.5, 0.6) is 0 Å². The van der Waals surface area contributed by atoms with Crippen molar-refractivity contribution in [2.45, 2.75) is 58.9 Å². The van der Waals surface area contributed by atoms with Gasteiger partial charge in [-0.2, -0.15) is 5.26 Å². The molecule has 2 N–H and O–H groups in total. The molecule has 0 atom stereocenters. The van der Waals surface area contributed by atoms with E-state index >= 15 is 0 Å². The standard InChI is InChI=1S/C19H28N4O2.ClH/c1-4-11-23(15-7-9-21-10-8-15)18(24)6-5-16-13(2)17(12-20)19(25)22-14(16)3;/h15,21H,4-11H2,1-3H3,(H,22,25);1H. The van der Waals surface area contributed by atoms with E-state index in [-0.39, 0.29) is 29.4 Å². The normalized spacial score (nSPS) is 14.4. The number of aryl methyl sites for hydroxylation is 1. The van der Waals surface area contributed by atoms with Crippen LogP contribution in [0.1, 0.15) is 55.0 Å². The number of piperidine rings is 1. The SMILES string of the molecule is CCCN(C(=O)CCc1c(C)[nH]c(=O)c(C#N)c1C)C1CCNCC1.Cl. The molecule has 0 saturated carbocycles. The first-order chi connectivity index (χ1) is 12.0. The molecule has 1 aliphatic heterocycles. The Labute approximate surface area is 161 Å². The number of halogens is 1. The van der Waals surface area contributed by atoms with E-state index < -0.39 is 0 Å². The van der Waals surface area contributed by atoms with Crippen LogP contribution in [0.25, 0.3) is 0 Å². The molecule has 2 rings (SSSR count). The van der Waals surface area contributed by atoms with Crippen molar-refractivity contribution >= 4 is 18.3 Å². The van der Waals surface area contributed by atoms with Crippen molar-refractivity contribution < 1.29 is 4.79 Å². The van der Waals surface area contributed by atoms with Gasteiger partial charge in [0.05, 0.1) is 0 Å². The second kappa shape index (κ2) is 10.3. The van der Waals surface area contributed by atoms with Crippen molar-refractivity contribution in [3.63, 3.8) is 0 Å². The number of amides is 1. The summed E-state index contributed by atoms with van der Waals surface area (Å²) in [5, 5.41) is 12.5. The van der Waals surface area contributed by atoms with Crippen molar-refractivity contribution in [2.75, 3.05) is 19.6 Å². The van der Waals surface area contributed by atoms with E-state index in [0.29, 0.717) is 24.4 Å². The Kier molecular flexibility index (Phi) is 8.83. The maximum absolute atomic E-state index is 12.8. The predicted molar refractivity (Wildman–Crippen MR) is 105 cm³/mol. The van der Waals surface area contributed by atoms with Crippen LogP contribution in [0.3, 0.4) is 0 Å². The molecule has 6 nitrogen and oxygen atoms in total. The zero-order chi connectivity index (χ0) is 18.4. The molecule has 0 aliphatic carbocycles. The number of nitriles is 1. The fourth-order valence-electron chi connectivity index (χ4n) is 3.67. The number of H-pyrrole nitrogens is 1. The van der Waals surface area contributed by atoms with Gasteiger partial charge < -0.3 is 15.2 Å². The first-order valence-corrected chi connectivity index (χ1v) is 9.12. The quantitative estimate of drug-likeness (QED) is 0.791. The van der Waals surface area contributed by atoms with E-state index in [2.05, 4.69) is 17.2 Å². The van der Waals surface area contributed by atoms with Gasteiger partial charge in [-0.05, 0) is 63.7 Å². The number of nitrogens with one attached hydrogen (secondary N) is 2. The lowest BCUT2D eigenvalue weighted by Gasteiger charge is -2.34. The van der Waals surface area contributed by atoms with Gasteiger partial charge in [-0.1, -0.05) is 6.92 Å². The molecule has 1 saturated heterocycles. The van der Waals surface area contributed by atoms with Crippen molar-refractivity contribution in [3.05, 3.63) is 32.7 Å². The third-order valence-electron chi connectivity index (χ3n) is 5.04. The Morgan fingerprint density at radius 2 is 1.96 bits per heavy atom. The van der Waals surface area contributed by atoms with Gasteiger partial charge in [0.1, 0.15) is 11.6 Å². The molecule has 2 heterocycles. The van der Waals surface area contributed by atoms with E-state index in [1.54, 1.807) is 6.92 Å². The molecule has 0 unspecified atom stereocenters. The van der Waals surface area contributed by atoms with Crippen LogP contribution in [-0.2, 0) is 11.2 Å². The average molecular weight is 381 g/mol. The number of carbonyl (C=O) groups is 1. The van der Waals surface area contributed by atoms with Crippen LogP contribution in [0.4, 0.5) is 0 Å². The van der Waals surface area contributed by atoms with Gasteiger partial charge >= 0.3 is 0 Å². The molecule has 0 spiro atoms. The van der Waals surface area contributed by atoms with Gasteiger partial charge in [0.25, 0.3) is 5.56 Å². The molecule has 1 amide bonds. The van der Waals surface area contributed by atoms with Crippen molar-refractivity contribution in [1.82, 2.24) is 15.2 Å². The van der Waals surface area contributed by atoms with E-state index in [9.17, 15) is 9.59 Å². The number of rotatable bonds is 6. The first-order valence-electron chi connectivity index (χ1n) is 9.12. The second-order valence-corrected chi connectivity index (χ2v) is 6.74. The molecule has 7 heteroatoms. The summed E-state index contributed by atoms with van der Waals surface area (Å²) in [5.74, 6) is 0.164. The number of carbonyl (C=O) groups excluding carboxylic acids is 1. The van der Waals surface area contributed by atoms with Crippen LogP contribution >= 0.6 is 12.4 Å². The molecule has 1 aromatic rings. The van der Waals surface area contributed by atoms with Gasteiger partial charge in [0.2, 0.25) is 5.91 Å². The van der Waals surface area contributed by atoms with Crippen LogP contribution in [0, 0.1) is 25.2 Å². The molecule has 0 radical (unpaired) electrons. The Bertz CT molecular complexity index is 717. The van der Waals surface area contributed by atoms with Crippen molar-refractivity contribution in [1.29, 1.82) is 5.26 Å². The van der Waals surface area contributed by atoms with Gasteiger partial charge in [0.15, 0.2) is 0 Å². The minimum atomic E-state index is -0.352. The third kappa shape index (κ3) is 5.09. The Morgan fingerprint density at radius 3 is 2.54 bits per heavy atom. The van der Waals surface area contributed by atoms with Crippen LogP contribution in [0.15, 0.2) is 4.79 Å². The molecule has 0 aromatic carbocycles. The Hall–Kier alpha value is -1.84. The van der Waals surface area contributed by atoms with Crippen LogP contribution in [0.2, 0.25) is 0 Å². The maximum Gasteiger partial charge on any atom is 0.266 e. The summed E-state index contributed by atoms with van der Waals surface area (Å²) in [6, 6.07) is 2.29. The smallest absolute Gasteiger partial charge is 0.266 e. The fourth-order valence-corrected chi connectivity index (χ4v) is 3.67. The molecule has 0 bridgehead atoms. The number of pyridine rings is 1. The molecule has 1 aromatic heterocycles. The maximum atomic E-state index is 12.8. The minimum Gasteiger partial charge on any atom is -0.340 e. The topological polar surface area (TPSA) is 89.0 Å². The Balaban J connectivity index is 0.00000338.